The minimum absolute atomic E-state index is 0.215. The zero-order valence-electron chi connectivity index (χ0n) is 32.8. The maximum absolute atomic E-state index is 13.9. The Morgan fingerprint density at radius 3 is 1.58 bits per heavy atom. The van der Waals surface area contributed by atoms with Gasteiger partial charge in [-0.2, -0.15) is 0 Å². The molecule has 2 aliphatic rings. The number of alkyl carbamates (subject to hydrolysis) is 1. The van der Waals surface area contributed by atoms with E-state index >= 15 is 0 Å². The molecule has 4 atom stereocenters. The molecule has 4 heterocycles. The number of aromatic amines is 2. The summed E-state index contributed by atoms with van der Waals surface area (Å²) >= 11 is 0. The molecule has 6 aromatic rings. The molecule has 3 amide bonds. The lowest BCUT2D eigenvalue weighted by atomic mass is 10.0. The lowest BCUT2D eigenvalue weighted by Crippen LogP contribution is -2.42. The Balaban J connectivity index is 0.928. The number of nitrogens with zero attached hydrogens (tertiary/aromatic N) is 4. The number of hydrogen-bond donors (Lipinski definition) is 3. The van der Waals surface area contributed by atoms with Crippen LogP contribution >= 0.6 is 0 Å². The number of imidazole rings is 2. The summed E-state index contributed by atoms with van der Waals surface area (Å²) in [7, 11) is 1.28. The fraction of sp³-hybridized carbons (Fsp3) is 0.261. The normalized spacial score (nSPS) is 17.3. The summed E-state index contributed by atoms with van der Waals surface area (Å²) in [4.78, 5) is 71.7. The van der Waals surface area contributed by atoms with Gasteiger partial charge in [-0.15, -0.1) is 0 Å². The van der Waals surface area contributed by atoms with Crippen LogP contribution in [0.25, 0.3) is 33.6 Å². The molecule has 13 nitrogen and oxygen atoms in total. The SMILES string of the molecule is COC(=O)N[C@@H](C(=O)N1CCC[C@H]1c1ncc(-c2ccc(-c3ccc(-c4cnc([C@@H]5CCCN5C(=O)[C@H](OC(C)=O)c5ccccc5)[nH]4)cc3)cc2)[nH]1)c1ccccc1. The first kappa shape index (κ1) is 38.8. The van der Waals surface area contributed by atoms with Gasteiger partial charge < -0.3 is 34.6 Å². The van der Waals surface area contributed by atoms with Crippen LogP contribution in [0.4, 0.5) is 4.79 Å². The van der Waals surface area contributed by atoms with E-state index in [1.807, 2.05) is 72.8 Å². The van der Waals surface area contributed by atoms with E-state index in [0.29, 0.717) is 35.9 Å². The van der Waals surface area contributed by atoms with E-state index < -0.39 is 24.2 Å². The van der Waals surface area contributed by atoms with Crippen molar-refractivity contribution in [2.24, 2.45) is 0 Å². The van der Waals surface area contributed by atoms with Crippen LogP contribution < -0.4 is 5.32 Å². The molecule has 59 heavy (non-hydrogen) atoms. The molecule has 0 radical (unpaired) electrons. The van der Waals surface area contributed by atoms with Crippen molar-refractivity contribution in [3.8, 4) is 33.6 Å². The molecule has 4 aromatic carbocycles. The Morgan fingerprint density at radius 2 is 1.10 bits per heavy atom. The number of benzene rings is 4. The topological polar surface area (TPSA) is 163 Å². The van der Waals surface area contributed by atoms with Crippen molar-refractivity contribution in [3.05, 3.63) is 144 Å². The first-order valence-electron chi connectivity index (χ1n) is 19.8. The largest absolute Gasteiger partial charge is 0.453 e. The van der Waals surface area contributed by atoms with Crippen LogP contribution in [-0.2, 0) is 23.9 Å². The average Bonchev–Trinajstić information content (AvgIpc) is 4.12. The molecular weight excluding hydrogens is 747 g/mol. The Bertz CT molecular complexity index is 2410. The lowest BCUT2D eigenvalue weighted by Gasteiger charge is -2.28. The number of carbonyl (C=O) groups is 4. The van der Waals surface area contributed by atoms with Gasteiger partial charge in [-0.05, 0) is 53.5 Å². The second-order valence-electron chi connectivity index (χ2n) is 14.8. The molecule has 13 heteroatoms. The third-order valence-electron chi connectivity index (χ3n) is 11.1. The molecule has 2 fully saturated rings. The van der Waals surface area contributed by atoms with Crippen LogP contribution in [0.3, 0.4) is 0 Å². The molecule has 2 aromatic heterocycles. The molecular formula is C46H45N7O6. The number of methoxy groups -OCH3 is 1. The zero-order valence-corrected chi connectivity index (χ0v) is 32.8. The Kier molecular flexibility index (Phi) is 11.3. The maximum Gasteiger partial charge on any atom is 0.407 e. The summed E-state index contributed by atoms with van der Waals surface area (Å²) in [6, 6.07) is 33.3. The van der Waals surface area contributed by atoms with Crippen molar-refractivity contribution < 1.29 is 28.7 Å². The van der Waals surface area contributed by atoms with Crippen LogP contribution in [0, 0.1) is 0 Å². The van der Waals surface area contributed by atoms with Gasteiger partial charge in [-0.1, -0.05) is 109 Å². The lowest BCUT2D eigenvalue weighted by molar-refractivity contribution is -0.159. The fourth-order valence-electron chi connectivity index (χ4n) is 8.10. The number of carbonyl (C=O) groups excluding carboxylic acids is 4. The zero-order chi connectivity index (χ0) is 40.9. The predicted molar refractivity (Wildman–Crippen MR) is 220 cm³/mol. The summed E-state index contributed by atoms with van der Waals surface area (Å²) in [6.07, 6.45) is 5.03. The van der Waals surface area contributed by atoms with Crippen molar-refractivity contribution in [3.63, 3.8) is 0 Å². The molecule has 0 unspecified atom stereocenters. The first-order chi connectivity index (χ1) is 28.8. The average molecular weight is 792 g/mol. The predicted octanol–water partition coefficient (Wildman–Crippen LogP) is 7.86. The van der Waals surface area contributed by atoms with E-state index in [0.717, 1.165) is 59.3 Å². The summed E-state index contributed by atoms with van der Waals surface area (Å²) in [5.41, 5.74) is 7.01. The van der Waals surface area contributed by atoms with Crippen LogP contribution in [0.15, 0.2) is 122 Å². The summed E-state index contributed by atoms with van der Waals surface area (Å²) in [5.74, 6) is 0.408. The van der Waals surface area contributed by atoms with Gasteiger partial charge >= 0.3 is 12.1 Å². The van der Waals surface area contributed by atoms with E-state index in [1.165, 1.54) is 14.0 Å². The monoisotopic (exact) mass is 791 g/mol. The van der Waals surface area contributed by atoms with Crippen molar-refractivity contribution in [2.45, 2.75) is 56.8 Å². The number of H-pyrrole nitrogens is 2. The van der Waals surface area contributed by atoms with Crippen molar-refractivity contribution >= 4 is 23.9 Å². The number of amides is 3. The molecule has 0 aliphatic carbocycles. The van der Waals surface area contributed by atoms with E-state index in [2.05, 4.69) is 44.5 Å². The van der Waals surface area contributed by atoms with Gasteiger partial charge in [0.25, 0.3) is 11.8 Å². The third kappa shape index (κ3) is 8.36. The van der Waals surface area contributed by atoms with E-state index in [9.17, 15) is 19.2 Å². The summed E-state index contributed by atoms with van der Waals surface area (Å²) in [6.45, 7) is 2.41. The van der Waals surface area contributed by atoms with Gasteiger partial charge in [0.2, 0.25) is 6.10 Å². The molecule has 0 bridgehead atoms. The number of aromatic nitrogens is 4. The van der Waals surface area contributed by atoms with Crippen molar-refractivity contribution in [1.82, 2.24) is 35.1 Å². The Hall–Kier alpha value is -7.02. The number of likely N-dealkylation sites (tertiary alicyclic amines) is 2. The maximum atomic E-state index is 13.9. The van der Waals surface area contributed by atoms with Crippen molar-refractivity contribution in [2.75, 3.05) is 20.2 Å². The third-order valence-corrected chi connectivity index (χ3v) is 11.1. The van der Waals surface area contributed by atoms with Gasteiger partial charge in [0.1, 0.15) is 17.7 Å². The van der Waals surface area contributed by atoms with Gasteiger partial charge in [0, 0.05) is 25.6 Å². The highest BCUT2D eigenvalue weighted by Crippen LogP contribution is 2.37. The minimum atomic E-state index is -1.01. The first-order valence-corrected chi connectivity index (χ1v) is 19.8. The van der Waals surface area contributed by atoms with Crippen molar-refractivity contribution in [1.29, 1.82) is 0 Å². The van der Waals surface area contributed by atoms with E-state index in [-0.39, 0.29) is 23.9 Å². The van der Waals surface area contributed by atoms with Crippen LogP contribution in [0.5, 0.6) is 0 Å². The number of rotatable bonds is 11. The summed E-state index contributed by atoms with van der Waals surface area (Å²) < 4.78 is 10.3. The number of ether oxygens (including phenoxy) is 2. The smallest absolute Gasteiger partial charge is 0.407 e. The number of esters is 1. The summed E-state index contributed by atoms with van der Waals surface area (Å²) in [5, 5.41) is 2.71. The molecule has 3 N–H and O–H groups in total. The van der Waals surface area contributed by atoms with Gasteiger partial charge in [0.05, 0.1) is 43.0 Å². The molecule has 2 saturated heterocycles. The standard InChI is InChI=1S/C46H45N7O6/c1-29(54)59-41(35-13-7-4-8-14-35)45(56)53-26-10-16-39(53)43-48-28-37(50-43)33-23-19-31(20-24-33)30-17-21-32(22-18-30)36-27-47-42(49-36)38-15-9-25-52(38)44(55)40(51-46(57)58-2)34-11-5-3-6-12-34/h3-8,11-14,17-24,27-28,38-41H,9-10,15-16,25-26H2,1-2H3,(H,47,49)(H,48,50)(H,51,57)/t38-,39-,40+,41+/m0/s1. The van der Waals surface area contributed by atoms with Crippen LogP contribution in [0.1, 0.15) is 79.6 Å². The minimum Gasteiger partial charge on any atom is -0.453 e. The van der Waals surface area contributed by atoms with Crippen LogP contribution in [0.2, 0.25) is 0 Å². The Labute approximate surface area is 341 Å². The van der Waals surface area contributed by atoms with Crippen LogP contribution in [-0.4, -0.2) is 73.8 Å². The molecule has 0 saturated carbocycles. The van der Waals surface area contributed by atoms with Gasteiger partial charge in [-0.3, -0.25) is 14.4 Å². The fourth-order valence-corrected chi connectivity index (χ4v) is 8.10. The van der Waals surface area contributed by atoms with Gasteiger partial charge in [-0.25, -0.2) is 14.8 Å². The molecule has 300 valence electrons. The van der Waals surface area contributed by atoms with E-state index in [4.69, 9.17) is 14.5 Å². The molecule has 8 rings (SSSR count). The van der Waals surface area contributed by atoms with E-state index in [1.54, 1.807) is 34.3 Å². The second-order valence-corrected chi connectivity index (χ2v) is 14.8. The highest BCUT2D eigenvalue weighted by atomic mass is 16.5. The van der Waals surface area contributed by atoms with Gasteiger partial charge in [0.15, 0.2) is 0 Å². The highest BCUT2D eigenvalue weighted by molar-refractivity contribution is 5.88. The molecule has 2 aliphatic heterocycles. The quantitative estimate of drug-likeness (QED) is 0.112. The highest BCUT2D eigenvalue weighted by Gasteiger charge is 2.39. The number of nitrogens with one attached hydrogen (secondary N) is 3. The second kappa shape index (κ2) is 17.2. The number of hydrogen-bond acceptors (Lipinski definition) is 8. The Morgan fingerprint density at radius 1 is 0.644 bits per heavy atom. The molecule has 0 spiro atoms.